The summed E-state index contributed by atoms with van der Waals surface area (Å²) in [5.41, 5.74) is 2.14. The second-order valence-electron chi connectivity index (χ2n) is 9.96. The zero-order valence-corrected chi connectivity index (χ0v) is 18.0. The highest BCUT2D eigenvalue weighted by molar-refractivity contribution is 6.11. The van der Waals surface area contributed by atoms with Gasteiger partial charge in [0, 0.05) is 23.5 Å². The van der Waals surface area contributed by atoms with Crippen LogP contribution in [0, 0.1) is 10.8 Å². The normalized spacial score (nSPS) is 27.0. The number of nitrogens with zero attached hydrogens (tertiary/aromatic N) is 1. The molecule has 3 unspecified atom stereocenters. The van der Waals surface area contributed by atoms with Crippen molar-refractivity contribution in [2.24, 2.45) is 10.8 Å². The Morgan fingerprint density at radius 2 is 1.97 bits per heavy atom. The van der Waals surface area contributed by atoms with Crippen LogP contribution >= 0.6 is 0 Å². The van der Waals surface area contributed by atoms with E-state index < -0.39 is 5.97 Å². The number of anilines is 1. The Hall–Kier alpha value is -2.34. The Bertz CT molecular complexity index is 963. The van der Waals surface area contributed by atoms with Crippen LogP contribution in [0.2, 0.25) is 0 Å². The number of carbonyl (C=O) groups excluding carboxylic acids is 2. The average Bonchev–Trinajstić information content (AvgIpc) is 3.14. The van der Waals surface area contributed by atoms with Gasteiger partial charge >= 0.3 is 5.97 Å². The summed E-state index contributed by atoms with van der Waals surface area (Å²) in [7, 11) is 1.34. The van der Waals surface area contributed by atoms with Crippen molar-refractivity contribution in [1.82, 2.24) is 9.88 Å². The highest BCUT2D eigenvalue weighted by atomic mass is 16.5. The number of H-pyrrole nitrogens is 1. The second kappa shape index (κ2) is 6.87. The van der Waals surface area contributed by atoms with Gasteiger partial charge in [0.1, 0.15) is 5.69 Å². The summed E-state index contributed by atoms with van der Waals surface area (Å²) in [6.45, 7) is 9.92. The van der Waals surface area contributed by atoms with E-state index in [9.17, 15) is 9.59 Å². The van der Waals surface area contributed by atoms with Gasteiger partial charge in [0.25, 0.3) is 0 Å². The quantitative estimate of drug-likeness (QED) is 0.759. The molecule has 2 fully saturated rings. The van der Waals surface area contributed by atoms with Gasteiger partial charge in [-0.15, -0.1) is 0 Å². The van der Waals surface area contributed by atoms with E-state index in [1.807, 2.05) is 31.2 Å². The van der Waals surface area contributed by atoms with E-state index in [0.717, 1.165) is 30.3 Å². The van der Waals surface area contributed by atoms with Gasteiger partial charge in [0.15, 0.2) is 0 Å². The lowest BCUT2D eigenvalue weighted by atomic mass is 9.65. The molecule has 1 saturated carbocycles. The topological polar surface area (TPSA) is 74.4 Å². The molecule has 2 bridgehead atoms. The molecule has 2 heterocycles. The van der Waals surface area contributed by atoms with Gasteiger partial charge in [-0.2, -0.15) is 0 Å². The van der Waals surface area contributed by atoms with Crippen molar-refractivity contribution in [2.75, 3.05) is 19.0 Å². The number of likely N-dealkylation sites (tertiary alicyclic amines) is 1. The van der Waals surface area contributed by atoms with Crippen molar-refractivity contribution in [2.45, 2.75) is 59.0 Å². The van der Waals surface area contributed by atoms with Gasteiger partial charge in [0.2, 0.25) is 5.91 Å². The lowest BCUT2D eigenvalue weighted by Crippen LogP contribution is -2.45. The monoisotopic (exact) mass is 397 g/mol. The third-order valence-electron chi connectivity index (χ3n) is 6.68. The van der Waals surface area contributed by atoms with Gasteiger partial charge < -0.3 is 15.0 Å². The number of rotatable bonds is 4. The summed E-state index contributed by atoms with van der Waals surface area (Å²) in [6.07, 6.45) is 3.45. The van der Waals surface area contributed by atoms with Crippen molar-refractivity contribution in [3.05, 3.63) is 30.0 Å². The summed E-state index contributed by atoms with van der Waals surface area (Å²) in [5.74, 6) is -0.579. The first-order valence-corrected chi connectivity index (χ1v) is 10.4. The number of ether oxygens (including phenoxy) is 1. The fourth-order valence-electron chi connectivity index (χ4n) is 5.86. The summed E-state index contributed by atoms with van der Waals surface area (Å²) < 4.78 is 4.91. The van der Waals surface area contributed by atoms with Gasteiger partial charge in [-0.05, 0) is 43.1 Å². The largest absolute Gasteiger partial charge is 0.464 e. The number of aromatic amines is 1. The van der Waals surface area contributed by atoms with Gasteiger partial charge in [-0.25, -0.2) is 4.79 Å². The molecule has 2 aromatic rings. The maximum absolute atomic E-state index is 13.2. The van der Waals surface area contributed by atoms with Gasteiger partial charge in [-0.3, -0.25) is 9.69 Å². The fraction of sp³-hybridized carbons (Fsp3) is 0.565. The summed E-state index contributed by atoms with van der Waals surface area (Å²) in [6, 6.07) is 7.71. The van der Waals surface area contributed by atoms with Crippen molar-refractivity contribution in [3.63, 3.8) is 0 Å². The molecule has 3 atom stereocenters. The molecule has 0 radical (unpaired) electrons. The van der Waals surface area contributed by atoms with E-state index in [1.165, 1.54) is 13.5 Å². The smallest absolute Gasteiger partial charge is 0.356 e. The lowest BCUT2D eigenvalue weighted by Gasteiger charge is -2.40. The minimum Gasteiger partial charge on any atom is -0.464 e. The van der Waals surface area contributed by atoms with Crippen LogP contribution in [0.25, 0.3) is 10.9 Å². The summed E-state index contributed by atoms with van der Waals surface area (Å²) >= 11 is 0. The molecule has 156 valence electrons. The number of para-hydroxylation sites is 1. The number of hydrogen-bond donors (Lipinski definition) is 2. The Morgan fingerprint density at radius 1 is 1.24 bits per heavy atom. The molecule has 1 aliphatic carbocycles. The third kappa shape index (κ3) is 3.54. The molecule has 1 saturated heterocycles. The molecule has 0 spiro atoms. The maximum Gasteiger partial charge on any atom is 0.356 e. The fourth-order valence-corrected chi connectivity index (χ4v) is 5.86. The van der Waals surface area contributed by atoms with Crippen molar-refractivity contribution < 1.29 is 14.3 Å². The Kier molecular flexibility index (Phi) is 4.73. The van der Waals surface area contributed by atoms with E-state index in [2.05, 4.69) is 36.0 Å². The van der Waals surface area contributed by atoms with Crippen LogP contribution < -0.4 is 5.32 Å². The minimum atomic E-state index is -0.490. The first kappa shape index (κ1) is 20.0. The Labute approximate surface area is 172 Å². The highest BCUT2D eigenvalue weighted by Gasteiger charge is 2.51. The van der Waals surface area contributed by atoms with Crippen LogP contribution in [0.3, 0.4) is 0 Å². The number of hydrogen-bond acceptors (Lipinski definition) is 4. The number of amides is 1. The molecule has 2 aliphatic rings. The zero-order chi connectivity index (χ0) is 21.0. The van der Waals surface area contributed by atoms with Gasteiger partial charge in [-0.1, -0.05) is 39.0 Å². The Morgan fingerprint density at radius 3 is 2.69 bits per heavy atom. The molecule has 1 aliphatic heterocycles. The molecular formula is C23H31N3O3. The first-order chi connectivity index (χ1) is 13.6. The number of aromatic nitrogens is 1. The SMILES string of the molecule is COC(=O)c1[nH]c2ccccc2c1NC(=O)C(C)N1CC2(C)CC1CC(C)(C)C2. The molecule has 6 nitrogen and oxygen atoms in total. The molecule has 29 heavy (non-hydrogen) atoms. The van der Waals surface area contributed by atoms with Crippen LogP contribution in [0.5, 0.6) is 0 Å². The zero-order valence-electron chi connectivity index (χ0n) is 18.0. The van der Waals surface area contributed by atoms with Crippen molar-refractivity contribution >= 4 is 28.5 Å². The van der Waals surface area contributed by atoms with E-state index in [4.69, 9.17) is 4.74 Å². The number of nitrogens with one attached hydrogen (secondary N) is 2. The predicted octanol–water partition coefficient (Wildman–Crippen LogP) is 4.18. The van der Waals surface area contributed by atoms with E-state index in [-0.39, 0.29) is 23.1 Å². The standard InChI is InChI=1S/C23H31N3O3/c1-14(26-13-23(4)11-15(26)10-22(2,3)12-23)20(27)25-18-16-8-6-7-9-17(16)24-19(18)21(28)29-5/h6-9,14-15,24H,10-13H2,1-5H3,(H,25,27). The molecule has 1 amide bonds. The number of esters is 1. The summed E-state index contributed by atoms with van der Waals surface area (Å²) in [5, 5.41) is 3.83. The average molecular weight is 398 g/mol. The van der Waals surface area contributed by atoms with E-state index >= 15 is 0 Å². The number of benzene rings is 1. The van der Waals surface area contributed by atoms with Crippen LogP contribution in [0.4, 0.5) is 5.69 Å². The first-order valence-electron chi connectivity index (χ1n) is 10.4. The molecular weight excluding hydrogens is 366 g/mol. The van der Waals surface area contributed by atoms with Crippen LogP contribution in [0.1, 0.15) is 57.4 Å². The van der Waals surface area contributed by atoms with Crippen LogP contribution in [0.15, 0.2) is 24.3 Å². The van der Waals surface area contributed by atoms with Crippen LogP contribution in [-0.2, 0) is 9.53 Å². The molecule has 2 N–H and O–H groups in total. The number of methoxy groups -OCH3 is 1. The summed E-state index contributed by atoms with van der Waals surface area (Å²) in [4.78, 5) is 30.9. The minimum absolute atomic E-state index is 0.0890. The number of fused-ring (bicyclic) bond motifs is 3. The number of carbonyl (C=O) groups is 2. The molecule has 1 aromatic heterocycles. The second-order valence-corrected chi connectivity index (χ2v) is 9.96. The highest BCUT2D eigenvalue weighted by Crippen LogP contribution is 2.53. The van der Waals surface area contributed by atoms with Crippen LogP contribution in [-0.4, -0.2) is 47.5 Å². The maximum atomic E-state index is 13.2. The molecule has 1 aromatic carbocycles. The van der Waals surface area contributed by atoms with Gasteiger partial charge in [0.05, 0.1) is 18.8 Å². The van der Waals surface area contributed by atoms with E-state index in [1.54, 1.807) is 0 Å². The van der Waals surface area contributed by atoms with Crippen molar-refractivity contribution in [3.8, 4) is 0 Å². The molecule has 6 heteroatoms. The Balaban J connectivity index is 1.60. The third-order valence-corrected chi connectivity index (χ3v) is 6.68. The predicted molar refractivity (Wildman–Crippen MR) is 114 cm³/mol. The van der Waals surface area contributed by atoms with Crippen molar-refractivity contribution in [1.29, 1.82) is 0 Å². The molecule has 4 rings (SSSR count). The lowest BCUT2D eigenvalue weighted by molar-refractivity contribution is -0.121. The van der Waals surface area contributed by atoms with E-state index in [0.29, 0.717) is 17.1 Å².